The minimum Gasteiger partial charge on any atom is -0.310 e. The van der Waals surface area contributed by atoms with Gasteiger partial charge in [0.25, 0.3) is 0 Å². The second-order valence-corrected chi connectivity index (χ2v) is 9.58. The Bertz CT molecular complexity index is 1240. The van der Waals surface area contributed by atoms with E-state index in [1.54, 1.807) is 0 Å². The topological polar surface area (TPSA) is 46.9 Å². The predicted octanol–water partition coefficient (Wildman–Crippen LogP) is 6.40. The van der Waals surface area contributed by atoms with Crippen molar-refractivity contribution in [2.45, 2.75) is 37.7 Å². The third-order valence-electron chi connectivity index (χ3n) is 6.18. The van der Waals surface area contributed by atoms with Crippen LogP contribution in [0.3, 0.4) is 0 Å². The van der Waals surface area contributed by atoms with Crippen LogP contribution in [-0.2, 0) is 16.3 Å². The summed E-state index contributed by atoms with van der Waals surface area (Å²) in [6, 6.07) is 26.9. The molecule has 0 spiro atoms. The summed E-state index contributed by atoms with van der Waals surface area (Å²) in [5.41, 5.74) is 7.86. The van der Waals surface area contributed by atoms with Gasteiger partial charge in [-0.05, 0) is 36.6 Å². The van der Waals surface area contributed by atoms with Gasteiger partial charge in [0.1, 0.15) is 5.82 Å². The molecule has 2 heterocycles. The van der Waals surface area contributed by atoms with Crippen LogP contribution in [0.25, 0.3) is 5.69 Å². The number of carbonyl (C=O) groups excluding carboxylic acids is 1. The summed E-state index contributed by atoms with van der Waals surface area (Å²) in [5, 5.41) is 8.13. The lowest BCUT2D eigenvalue weighted by atomic mass is 9.88. The Morgan fingerprint density at radius 2 is 1.64 bits per heavy atom. The van der Waals surface area contributed by atoms with Crippen LogP contribution in [-0.4, -0.2) is 15.7 Å². The zero-order valence-electron chi connectivity index (χ0n) is 18.9. The lowest BCUT2D eigenvalue weighted by Crippen LogP contribution is -2.19. The van der Waals surface area contributed by atoms with E-state index in [1.807, 2.05) is 52.8 Å². The fraction of sp³-hybridized carbons (Fsp3) is 0.214. The van der Waals surface area contributed by atoms with E-state index in [4.69, 9.17) is 5.10 Å². The SMILES string of the molecule is Cc1ccc(-n2nc3c(c2NC(=O)CC(c2ccccc2)c2ccccc2)CSC3)c(C)c1. The van der Waals surface area contributed by atoms with Gasteiger partial charge in [-0.2, -0.15) is 16.9 Å². The number of rotatable bonds is 6. The maximum absolute atomic E-state index is 13.4. The molecule has 33 heavy (non-hydrogen) atoms. The largest absolute Gasteiger partial charge is 0.310 e. The quantitative estimate of drug-likeness (QED) is 0.368. The van der Waals surface area contributed by atoms with Crippen molar-refractivity contribution < 1.29 is 4.79 Å². The van der Waals surface area contributed by atoms with Crippen LogP contribution in [0.15, 0.2) is 78.9 Å². The van der Waals surface area contributed by atoms with E-state index < -0.39 is 0 Å². The number of benzene rings is 3. The molecule has 5 heteroatoms. The molecule has 1 amide bonds. The summed E-state index contributed by atoms with van der Waals surface area (Å²) in [4.78, 5) is 13.4. The molecule has 0 unspecified atom stereocenters. The first-order chi connectivity index (χ1) is 16.1. The molecule has 5 rings (SSSR count). The van der Waals surface area contributed by atoms with Gasteiger partial charge in [-0.25, -0.2) is 4.68 Å². The summed E-state index contributed by atoms with van der Waals surface area (Å²) in [7, 11) is 0. The Hall–Kier alpha value is -3.31. The molecule has 1 N–H and O–H groups in total. The van der Waals surface area contributed by atoms with Crippen molar-refractivity contribution in [3.05, 3.63) is 112 Å². The van der Waals surface area contributed by atoms with Crippen molar-refractivity contribution in [3.63, 3.8) is 0 Å². The highest BCUT2D eigenvalue weighted by molar-refractivity contribution is 7.98. The number of hydrogen-bond acceptors (Lipinski definition) is 3. The van der Waals surface area contributed by atoms with Gasteiger partial charge in [0.05, 0.1) is 11.4 Å². The first-order valence-electron chi connectivity index (χ1n) is 11.3. The minimum atomic E-state index is -0.00712. The third-order valence-corrected chi connectivity index (χ3v) is 7.15. The van der Waals surface area contributed by atoms with E-state index >= 15 is 0 Å². The van der Waals surface area contributed by atoms with Crippen molar-refractivity contribution in [1.82, 2.24) is 9.78 Å². The standard InChI is InChI=1S/C28H27N3OS/c1-19-13-14-26(20(2)15-19)31-28(24-17-33-18-25(24)30-31)29-27(32)16-23(21-9-5-3-6-10-21)22-11-7-4-8-12-22/h3-15,23H,16-18H2,1-2H3,(H,29,32). The average molecular weight is 454 g/mol. The number of aryl methyl sites for hydroxylation is 2. The van der Waals surface area contributed by atoms with Gasteiger partial charge in [0.2, 0.25) is 5.91 Å². The molecule has 0 atom stereocenters. The fourth-order valence-electron chi connectivity index (χ4n) is 4.53. The molecule has 0 aliphatic carbocycles. The molecule has 1 aliphatic rings. The number of carbonyl (C=O) groups is 1. The highest BCUT2D eigenvalue weighted by Gasteiger charge is 2.26. The summed E-state index contributed by atoms with van der Waals surface area (Å²) >= 11 is 1.84. The van der Waals surface area contributed by atoms with Gasteiger partial charge >= 0.3 is 0 Å². The summed E-state index contributed by atoms with van der Waals surface area (Å²) in [6.45, 7) is 4.18. The van der Waals surface area contributed by atoms with E-state index in [2.05, 4.69) is 61.6 Å². The number of amides is 1. The Labute approximate surface area is 199 Å². The first kappa shape index (κ1) is 21.5. The normalized spacial score (nSPS) is 12.7. The van der Waals surface area contributed by atoms with Gasteiger partial charge < -0.3 is 5.32 Å². The highest BCUT2D eigenvalue weighted by Crippen LogP contribution is 2.37. The van der Waals surface area contributed by atoms with E-state index in [1.165, 1.54) is 5.56 Å². The van der Waals surface area contributed by atoms with E-state index in [0.717, 1.165) is 51.0 Å². The van der Waals surface area contributed by atoms with Gasteiger partial charge in [-0.1, -0.05) is 78.4 Å². The molecular formula is C28H27N3OS. The van der Waals surface area contributed by atoms with Crippen LogP contribution >= 0.6 is 11.8 Å². The van der Waals surface area contributed by atoms with Gasteiger partial charge in [-0.15, -0.1) is 0 Å². The fourth-order valence-corrected chi connectivity index (χ4v) is 5.56. The van der Waals surface area contributed by atoms with Crippen LogP contribution in [0.2, 0.25) is 0 Å². The van der Waals surface area contributed by atoms with E-state index in [0.29, 0.717) is 6.42 Å². The van der Waals surface area contributed by atoms with Crippen LogP contribution in [0.4, 0.5) is 5.82 Å². The lowest BCUT2D eigenvalue weighted by molar-refractivity contribution is -0.116. The molecule has 0 bridgehead atoms. The number of aromatic nitrogens is 2. The monoisotopic (exact) mass is 453 g/mol. The summed E-state index contributed by atoms with van der Waals surface area (Å²) in [6.07, 6.45) is 0.369. The van der Waals surface area contributed by atoms with E-state index in [-0.39, 0.29) is 11.8 Å². The van der Waals surface area contributed by atoms with Crippen molar-refractivity contribution >= 4 is 23.5 Å². The minimum absolute atomic E-state index is 0.00155. The zero-order chi connectivity index (χ0) is 22.8. The number of fused-ring (bicyclic) bond motifs is 1. The Balaban J connectivity index is 1.47. The van der Waals surface area contributed by atoms with Crippen LogP contribution in [0.1, 0.15) is 45.8 Å². The van der Waals surface area contributed by atoms with Gasteiger partial charge in [0.15, 0.2) is 0 Å². The number of nitrogens with one attached hydrogen (secondary N) is 1. The molecule has 166 valence electrons. The summed E-state index contributed by atoms with van der Waals surface area (Å²) < 4.78 is 1.93. The Morgan fingerprint density at radius 1 is 0.970 bits per heavy atom. The van der Waals surface area contributed by atoms with Crippen LogP contribution in [0, 0.1) is 13.8 Å². The van der Waals surface area contributed by atoms with Gasteiger partial charge in [0, 0.05) is 29.4 Å². The zero-order valence-corrected chi connectivity index (χ0v) is 19.7. The molecule has 0 saturated heterocycles. The van der Waals surface area contributed by atoms with E-state index in [9.17, 15) is 4.79 Å². The number of hydrogen-bond donors (Lipinski definition) is 1. The third kappa shape index (κ3) is 4.46. The smallest absolute Gasteiger partial charge is 0.226 e. The lowest BCUT2D eigenvalue weighted by Gasteiger charge is -2.19. The average Bonchev–Trinajstić information content (AvgIpc) is 3.41. The van der Waals surface area contributed by atoms with Crippen molar-refractivity contribution in [1.29, 1.82) is 0 Å². The van der Waals surface area contributed by atoms with Crippen molar-refractivity contribution in [3.8, 4) is 5.69 Å². The molecule has 1 aromatic heterocycles. The summed E-state index contributed by atoms with van der Waals surface area (Å²) in [5.74, 6) is 2.56. The Kier molecular flexibility index (Phi) is 6.05. The second-order valence-electron chi connectivity index (χ2n) is 8.59. The molecule has 3 aromatic carbocycles. The molecule has 4 nitrogen and oxygen atoms in total. The predicted molar refractivity (Wildman–Crippen MR) is 136 cm³/mol. The molecule has 0 radical (unpaired) electrons. The highest BCUT2D eigenvalue weighted by atomic mass is 32.2. The maximum Gasteiger partial charge on any atom is 0.226 e. The molecule has 0 saturated carbocycles. The van der Waals surface area contributed by atoms with Crippen LogP contribution < -0.4 is 5.32 Å². The number of thioether (sulfide) groups is 1. The number of anilines is 1. The Morgan fingerprint density at radius 3 is 2.27 bits per heavy atom. The molecule has 0 fully saturated rings. The molecule has 4 aromatic rings. The molecule has 1 aliphatic heterocycles. The maximum atomic E-state index is 13.4. The second kappa shape index (κ2) is 9.28. The first-order valence-corrected chi connectivity index (χ1v) is 12.4. The molecular weight excluding hydrogens is 426 g/mol. The van der Waals surface area contributed by atoms with Crippen molar-refractivity contribution in [2.75, 3.05) is 5.32 Å². The van der Waals surface area contributed by atoms with Crippen LogP contribution in [0.5, 0.6) is 0 Å². The number of nitrogens with zero attached hydrogens (tertiary/aromatic N) is 2. The van der Waals surface area contributed by atoms with Gasteiger partial charge in [-0.3, -0.25) is 4.79 Å². The van der Waals surface area contributed by atoms with Crippen molar-refractivity contribution in [2.24, 2.45) is 0 Å².